The van der Waals surface area contributed by atoms with Crippen molar-refractivity contribution in [2.45, 2.75) is 40.0 Å². The second kappa shape index (κ2) is 9.42. The van der Waals surface area contributed by atoms with E-state index in [1.54, 1.807) is 12.1 Å². The van der Waals surface area contributed by atoms with Crippen molar-refractivity contribution in [2.24, 2.45) is 0 Å². The van der Waals surface area contributed by atoms with Crippen LogP contribution in [0.4, 0.5) is 11.4 Å². The minimum atomic E-state index is -0.417. The van der Waals surface area contributed by atoms with E-state index >= 15 is 0 Å². The number of anilines is 2. The van der Waals surface area contributed by atoms with Crippen molar-refractivity contribution in [3.05, 3.63) is 52.0 Å². The minimum absolute atomic E-state index is 0.286. The molecule has 0 atom stereocenters. The number of rotatable bonds is 7. The molecule has 27 heavy (non-hydrogen) atoms. The van der Waals surface area contributed by atoms with Crippen LogP contribution in [0.5, 0.6) is 5.75 Å². The number of halogens is 1. The number of aryl methyl sites for hydroxylation is 3. The topological polar surface area (TPSA) is 67.4 Å². The molecule has 5 nitrogen and oxygen atoms in total. The van der Waals surface area contributed by atoms with E-state index in [9.17, 15) is 9.59 Å². The molecule has 0 spiro atoms. The van der Waals surface area contributed by atoms with E-state index in [1.807, 2.05) is 39.0 Å². The molecule has 2 aromatic rings. The molecule has 2 amide bonds. The molecule has 0 unspecified atom stereocenters. The Bertz CT molecular complexity index is 827. The van der Waals surface area contributed by atoms with Gasteiger partial charge in [-0.15, -0.1) is 0 Å². The van der Waals surface area contributed by atoms with E-state index in [2.05, 4.69) is 10.6 Å². The van der Waals surface area contributed by atoms with E-state index in [0.717, 1.165) is 35.2 Å². The number of nitrogens with one attached hydrogen (secondary N) is 2. The number of hydrogen-bond donors (Lipinski definition) is 2. The Morgan fingerprint density at radius 3 is 2.19 bits per heavy atom. The van der Waals surface area contributed by atoms with Crippen molar-refractivity contribution in [1.29, 1.82) is 0 Å². The first-order valence-electron chi connectivity index (χ1n) is 8.94. The Balaban J connectivity index is 2.09. The molecule has 0 saturated heterocycles. The van der Waals surface area contributed by atoms with Crippen LogP contribution in [0.15, 0.2) is 30.3 Å². The smallest absolute Gasteiger partial charge is 0.233 e. The van der Waals surface area contributed by atoms with Crippen LogP contribution in [0.1, 0.15) is 37.0 Å². The van der Waals surface area contributed by atoms with E-state index in [4.69, 9.17) is 16.3 Å². The monoisotopic (exact) mass is 388 g/mol. The van der Waals surface area contributed by atoms with E-state index < -0.39 is 5.91 Å². The SMILES string of the molecule is CCc1cccc(CC)c1NC(=O)CC(=O)Nc1cc(C)c(Cl)cc1OC. The first-order valence-corrected chi connectivity index (χ1v) is 9.31. The van der Waals surface area contributed by atoms with Crippen molar-refractivity contribution in [3.63, 3.8) is 0 Å². The Morgan fingerprint density at radius 1 is 1.04 bits per heavy atom. The summed E-state index contributed by atoms with van der Waals surface area (Å²) in [5, 5.41) is 6.16. The minimum Gasteiger partial charge on any atom is -0.495 e. The van der Waals surface area contributed by atoms with Crippen LogP contribution in [0.3, 0.4) is 0 Å². The van der Waals surface area contributed by atoms with Gasteiger partial charge in [0.1, 0.15) is 12.2 Å². The fraction of sp³-hybridized carbons (Fsp3) is 0.333. The Morgan fingerprint density at radius 2 is 1.63 bits per heavy atom. The third kappa shape index (κ3) is 5.23. The van der Waals surface area contributed by atoms with Gasteiger partial charge in [-0.1, -0.05) is 43.6 Å². The zero-order valence-corrected chi connectivity index (χ0v) is 16.9. The van der Waals surface area contributed by atoms with Crippen molar-refractivity contribution in [1.82, 2.24) is 0 Å². The summed E-state index contributed by atoms with van der Waals surface area (Å²) in [5.74, 6) is -0.323. The molecular weight excluding hydrogens is 364 g/mol. The van der Waals surface area contributed by atoms with E-state index in [1.165, 1.54) is 7.11 Å². The lowest BCUT2D eigenvalue weighted by molar-refractivity contribution is -0.123. The molecule has 2 N–H and O–H groups in total. The fourth-order valence-corrected chi connectivity index (χ4v) is 3.01. The lowest BCUT2D eigenvalue weighted by Gasteiger charge is -2.15. The highest BCUT2D eigenvalue weighted by Crippen LogP contribution is 2.31. The number of ether oxygens (including phenoxy) is 1. The molecule has 0 aliphatic rings. The standard InChI is InChI=1S/C21H25ClN2O3/c1-5-14-8-7-9-15(6-2)21(14)24-20(26)12-19(25)23-17-10-13(3)16(22)11-18(17)27-4/h7-11H,5-6,12H2,1-4H3,(H,23,25)(H,24,26). The second-order valence-corrected chi connectivity index (χ2v) is 6.64. The average molecular weight is 389 g/mol. The van der Waals surface area contributed by atoms with Crippen LogP contribution in [0.25, 0.3) is 0 Å². The zero-order chi connectivity index (χ0) is 20.0. The number of amides is 2. The molecular formula is C21H25ClN2O3. The number of carbonyl (C=O) groups excluding carboxylic acids is 2. The normalized spacial score (nSPS) is 10.4. The predicted molar refractivity (Wildman–Crippen MR) is 110 cm³/mol. The van der Waals surface area contributed by atoms with Gasteiger partial charge in [0.05, 0.1) is 12.8 Å². The van der Waals surface area contributed by atoms with Crippen LogP contribution in [0, 0.1) is 6.92 Å². The molecule has 0 radical (unpaired) electrons. The lowest BCUT2D eigenvalue weighted by atomic mass is 10.0. The summed E-state index contributed by atoms with van der Waals surface area (Å²) in [6.07, 6.45) is 1.32. The summed E-state index contributed by atoms with van der Waals surface area (Å²) in [5.41, 5.74) is 4.21. The summed E-state index contributed by atoms with van der Waals surface area (Å²) >= 11 is 6.08. The molecule has 0 saturated carbocycles. The van der Waals surface area contributed by atoms with Gasteiger partial charge < -0.3 is 15.4 Å². The van der Waals surface area contributed by atoms with Gasteiger partial charge >= 0.3 is 0 Å². The van der Waals surface area contributed by atoms with Crippen LogP contribution in [-0.4, -0.2) is 18.9 Å². The largest absolute Gasteiger partial charge is 0.495 e. The number of para-hydroxylation sites is 1. The Labute approximate surface area is 165 Å². The Kier molecular flexibility index (Phi) is 7.25. The molecule has 0 bridgehead atoms. The van der Waals surface area contributed by atoms with Gasteiger partial charge in [-0.25, -0.2) is 0 Å². The van der Waals surface area contributed by atoms with Crippen molar-refractivity contribution in [2.75, 3.05) is 17.7 Å². The van der Waals surface area contributed by atoms with Crippen LogP contribution in [-0.2, 0) is 22.4 Å². The number of hydrogen-bond acceptors (Lipinski definition) is 3. The highest BCUT2D eigenvalue weighted by atomic mass is 35.5. The summed E-state index contributed by atoms with van der Waals surface area (Å²) in [4.78, 5) is 24.7. The van der Waals surface area contributed by atoms with E-state index in [0.29, 0.717) is 16.5 Å². The summed E-state index contributed by atoms with van der Waals surface area (Å²) < 4.78 is 5.24. The molecule has 0 fully saturated rings. The number of benzene rings is 2. The molecule has 0 aliphatic carbocycles. The van der Waals surface area contributed by atoms with E-state index in [-0.39, 0.29) is 12.3 Å². The lowest BCUT2D eigenvalue weighted by Crippen LogP contribution is -2.22. The first kappa shape index (κ1) is 20.8. The first-order chi connectivity index (χ1) is 12.9. The maximum atomic E-state index is 12.4. The van der Waals surface area contributed by atoms with Gasteiger partial charge in [0.15, 0.2) is 0 Å². The van der Waals surface area contributed by atoms with Crippen molar-refractivity contribution in [3.8, 4) is 5.75 Å². The summed E-state index contributed by atoms with van der Waals surface area (Å²) in [6.45, 7) is 5.90. The van der Waals surface area contributed by atoms with Crippen LogP contribution in [0.2, 0.25) is 5.02 Å². The molecule has 6 heteroatoms. The van der Waals surface area contributed by atoms with Crippen molar-refractivity contribution >= 4 is 34.8 Å². The van der Waals surface area contributed by atoms with Gasteiger partial charge in [-0.05, 0) is 42.5 Å². The van der Waals surface area contributed by atoms with Gasteiger partial charge in [0, 0.05) is 16.8 Å². The maximum absolute atomic E-state index is 12.4. The second-order valence-electron chi connectivity index (χ2n) is 6.23. The average Bonchev–Trinajstić information content (AvgIpc) is 2.64. The van der Waals surface area contributed by atoms with Gasteiger partial charge in [-0.3, -0.25) is 9.59 Å². The quantitative estimate of drug-likeness (QED) is 0.672. The van der Waals surface area contributed by atoms with Crippen LogP contribution >= 0.6 is 11.6 Å². The fourth-order valence-electron chi connectivity index (χ4n) is 2.86. The predicted octanol–water partition coefficient (Wildman–Crippen LogP) is 4.75. The molecule has 2 rings (SSSR count). The maximum Gasteiger partial charge on any atom is 0.233 e. The molecule has 0 aromatic heterocycles. The third-order valence-corrected chi connectivity index (χ3v) is 4.75. The third-order valence-electron chi connectivity index (χ3n) is 4.34. The molecule has 144 valence electrons. The summed E-state index contributed by atoms with van der Waals surface area (Å²) in [7, 11) is 1.50. The van der Waals surface area contributed by atoms with Gasteiger partial charge in [-0.2, -0.15) is 0 Å². The molecule has 0 heterocycles. The number of methoxy groups -OCH3 is 1. The van der Waals surface area contributed by atoms with Crippen molar-refractivity contribution < 1.29 is 14.3 Å². The number of carbonyl (C=O) groups is 2. The molecule has 0 aliphatic heterocycles. The Hall–Kier alpha value is -2.53. The highest BCUT2D eigenvalue weighted by molar-refractivity contribution is 6.31. The molecule has 2 aromatic carbocycles. The highest BCUT2D eigenvalue weighted by Gasteiger charge is 2.16. The summed E-state index contributed by atoms with van der Waals surface area (Å²) in [6, 6.07) is 9.30. The zero-order valence-electron chi connectivity index (χ0n) is 16.1. The van der Waals surface area contributed by atoms with Gasteiger partial charge in [0.25, 0.3) is 0 Å². The van der Waals surface area contributed by atoms with Crippen LogP contribution < -0.4 is 15.4 Å². The van der Waals surface area contributed by atoms with Gasteiger partial charge in [0.2, 0.25) is 11.8 Å².